The maximum absolute atomic E-state index is 5.42. The summed E-state index contributed by atoms with van der Waals surface area (Å²) >= 11 is 0. The van der Waals surface area contributed by atoms with Gasteiger partial charge in [0.1, 0.15) is 0 Å². The summed E-state index contributed by atoms with van der Waals surface area (Å²) in [5.74, 6) is 1.32. The van der Waals surface area contributed by atoms with Crippen LogP contribution in [0.5, 0.6) is 0 Å². The zero-order valence-electron chi connectivity index (χ0n) is 7.98. The molecule has 11 heavy (non-hydrogen) atoms. The number of rotatable bonds is 2. The quantitative estimate of drug-likeness (QED) is 0.555. The molecule has 0 aromatic rings. The van der Waals surface area contributed by atoms with E-state index in [0.29, 0.717) is 11.8 Å². The average molecular weight is 154 g/mol. The lowest BCUT2D eigenvalue weighted by Crippen LogP contribution is -2.02. The largest absolute Gasteiger partial charge is 0.373 e. The number of hydrogen-bond donors (Lipinski definition) is 0. The number of hydrogen-bond acceptors (Lipinski definition) is 1. The van der Waals surface area contributed by atoms with Crippen LogP contribution in [0.1, 0.15) is 27.7 Å². The summed E-state index contributed by atoms with van der Waals surface area (Å²) in [5, 5.41) is 0. The van der Waals surface area contributed by atoms with Crippen LogP contribution in [0.15, 0.2) is 11.1 Å². The van der Waals surface area contributed by atoms with E-state index >= 15 is 0 Å². The van der Waals surface area contributed by atoms with E-state index in [9.17, 15) is 0 Å². The van der Waals surface area contributed by atoms with Crippen LogP contribution in [0.4, 0.5) is 0 Å². The fourth-order valence-electron chi connectivity index (χ4n) is 1.53. The van der Waals surface area contributed by atoms with Gasteiger partial charge in [-0.15, -0.1) is 0 Å². The second-order valence-corrected chi connectivity index (χ2v) is 3.85. The molecule has 0 saturated heterocycles. The molecular weight excluding hydrogens is 136 g/mol. The predicted molar refractivity (Wildman–Crippen MR) is 47.5 cm³/mol. The summed E-state index contributed by atoms with van der Waals surface area (Å²) in [6.07, 6.45) is 0. The SMILES string of the molecule is CC(C)C1=C(C(C)C)COC1. The summed E-state index contributed by atoms with van der Waals surface area (Å²) in [7, 11) is 0. The summed E-state index contributed by atoms with van der Waals surface area (Å²) in [6, 6.07) is 0. The van der Waals surface area contributed by atoms with Gasteiger partial charge in [0.2, 0.25) is 0 Å². The van der Waals surface area contributed by atoms with Crippen LogP contribution >= 0.6 is 0 Å². The third kappa shape index (κ3) is 1.84. The molecule has 64 valence electrons. The van der Waals surface area contributed by atoms with Gasteiger partial charge in [0, 0.05) is 0 Å². The van der Waals surface area contributed by atoms with Gasteiger partial charge in [0.25, 0.3) is 0 Å². The first-order valence-corrected chi connectivity index (χ1v) is 4.42. The van der Waals surface area contributed by atoms with Crippen LogP contribution in [0.3, 0.4) is 0 Å². The predicted octanol–water partition coefficient (Wildman–Crippen LogP) is 2.63. The van der Waals surface area contributed by atoms with Gasteiger partial charge in [-0.3, -0.25) is 0 Å². The van der Waals surface area contributed by atoms with E-state index in [1.54, 1.807) is 0 Å². The third-order valence-corrected chi connectivity index (χ3v) is 2.32. The Balaban J connectivity index is 2.77. The second-order valence-electron chi connectivity index (χ2n) is 3.85. The molecule has 1 aliphatic rings. The molecule has 1 aliphatic heterocycles. The van der Waals surface area contributed by atoms with Gasteiger partial charge in [-0.1, -0.05) is 27.7 Å². The molecule has 0 atom stereocenters. The Kier molecular flexibility index (Phi) is 2.72. The highest BCUT2D eigenvalue weighted by atomic mass is 16.5. The smallest absolute Gasteiger partial charge is 0.0687 e. The topological polar surface area (TPSA) is 9.23 Å². The van der Waals surface area contributed by atoms with Crippen molar-refractivity contribution >= 4 is 0 Å². The van der Waals surface area contributed by atoms with E-state index in [-0.39, 0.29) is 0 Å². The van der Waals surface area contributed by atoms with Crippen molar-refractivity contribution in [1.82, 2.24) is 0 Å². The van der Waals surface area contributed by atoms with E-state index in [1.807, 2.05) is 0 Å². The molecule has 0 spiro atoms. The molecule has 1 rings (SSSR count). The van der Waals surface area contributed by atoms with Crippen LogP contribution in [-0.4, -0.2) is 13.2 Å². The van der Waals surface area contributed by atoms with Crippen molar-refractivity contribution < 1.29 is 4.74 Å². The molecule has 0 bridgehead atoms. The van der Waals surface area contributed by atoms with Crippen LogP contribution in [0.2, 0.25) is 0 Å². The first-order valence-electron chi connectivity index (χ1n) is 4.42. The van der Waals surface area contributed by atoms with Gasteiger partial charge in [0.05, 0.1) is 13.2 Å². The van der Waals surface area contributed by atoms with Crippen LogP contribution in [-0.2, 0) is 4.74 Å². The summed E-state index contributed by atoms with van der Waals surface area (Å²) in [4.78, 5) is 0. The summed E-state index contributed by atoms with van der Waals surface area (Å²) in [5.41, 5.74) is 3.06. The molecular formula is C10H18O. The fraction of sp³-hybridized carbons (Fsp3) is 0.800. The van der Waals surface area contributed by atoms with E-state index in [2.05, 4.69) is 27.7 Å². The Morgan fingerprint density at radius 2 is 1.27 bits per heavy atom. The van der Waals surface area contributed by atoms with Crippen molar-refractivity contribution in [2.75, 3.05) is 13.2 Å². The van der Waals surface area contributed by atoms with E-state index in [0.717, 1.165) is 13.2 Å². The molecule has 0 amide bonds. The summed E-state index contributed by atoms with van der Waals surface area (Å²) in [6.45, 7) is 10.7. The molecule has 0 saturated carbocycles. The second kappa shape index (κ2) is 3.40. The van der Waals surface area contributed by atoms with Crippen molar-refractivity contribution in [2.45, 2.75) is 27.7 Å². The fourth-order valence-corrected chi connectivity index (χ4v) is 1.53. The minimum absolute atomic E-state index is 0.662. The standard InChI is InChI=1S/C10H18O/c1-7(2)9-5-11-6-10(9)8(3)4/h7-8H,5-6H2,1-4H3. The van der Waals surface area contributed by atoms with Gasteiger partial charge in [-0.05, 0) is 23.0 Å². The normalized spacial score (nSPS) is 19.1. The minimum Gasteiger partial charge on any atom is -0.373 e. The highest BCUT2D eigenvalue weighted by Crippen LogP contribution is 2.26. The van der Waals surface area contributed by atoms with Crippen molar-refractivity contribution in [3.05, 3.63) is 11.1 Å². The molecule has 0 radical (unpaired) electrons. The van der Waals surface area contributed by atoms with E-state index in [1.165, 1.54) is 11.1 Å². The first-order chi connectivity index (χ1) is 5.13. The Labute approximate surface area is 69.4 Å². The lowest BCUT2D eigenvalue weighted by molar-refractivity contribution is 0.198. The van der Waals surface area contributed by atoms with Gasteiger partial charge < -0.3 is 4.74 Å². The maximum Gasteiger partial charge on any atom is 0.0687 e. The molecule has 1 nitrogen and oxygen atoms in total. The van der Waals surface area contributed by atoms with Crippen LogP contribution in [0, 0.1) is 11.8 Å². The monoisotopic (exact) mass is 154 g/mol. The van der Waals surface area contributed by atoms with Crippen LogP contribution in [0.25, 0.3) is 0 Å². The number of ether oxygens (including phenoxy) is 1. The highest BCUT2D eigenvalue weighted by molar-refractivity contribution is 5.22. The van der Waals surface area contributed by atoms with Crippen molar-refractivity contribution in [2.24, 2.45) is 11.8 Å². The van der Waals surface area contributed by atoms with Crippen molar-refractivity contribution in [3.8, 4) is 0 Å². The zero-order chi connectivity index (χ0) is 8.43. The molecule has 0 aromatic heterocycles. The van der Waals surface area contributed by atoms with Gasteiger partial charge >= 0.3 is 0 Å². The minimum atomic E-state index is 0.662. The molecule has 0 aromatic carbocycles. The Bertz CT molecular complexity index is 148. The van der Waals surface area contributed by atoms with E-state index in [4.69, 9.17) is 4.74 Å². The van der Waals surface area contributed by atoms with Crippen molar-refractivity contribution in [3.63, 3.8) is 0 Å². The van der Waals surface area contributed by atoms with E-state index < -0.39 is 0 Å². The Morgan fingerprint density at radius 3 is 1.55 bits per heavy atom. The lowest BCUT2D eigenvalue weighted by Gasteiger charge is -2.11. The van der Waals surface area contributed by atoms with Crippen LogP contribution < -0.4 is 0 Å². The molecule has 0 unspecified atom stereocenters. The zero-order valence-corrected chi connectivity index (χ0v) is 7.98. The molecule has 1 heterocycles. The molecule has 0 fully saturated rings. The van der Waals surface area contributed by atoms with Gasteiger partial charge in [0.15, 0.2) is 0 Å². The maximum atomic E-state index is 5.42. The van der Waals surface area contributed by atoms with Gasteiger partial charge in [-0.2, -0.15) is 0 Å². The molecule has 1 heteroatoms. The van der Waals surface area contributed by atoms with Crippen molar-refractivity contribution in [1.29, 1.82) is 0 Å². The lowest BCUT2D eigenvalue weighted by atomic mass is 9.93. The summed E-state index contributed by atoms with van der Waals surface area (Å²) < 4.78 is 5.42. The third-order valence-electron chi connectivity index (χ3n) is 2.32. The molecule has 0 aliphatic carbocycles. The first kappa shape index (κ1) is 8.79. The molecule has 0 N–H and O–H groups in total. The Hall–Kier alpha value is -0.300. The van der Waals surface area contributed by atoms with Gasteiger partial charge in [-0.25, -0.2) is 0 Å². The Morgan fingerprint density at radius 1 is 0.909 bits per heavy atom. The highest BCUT2D eigenvalue weighted by Gasteiger charge is 2.19. The average Bonchev–Trinajstić information content (AvgIpc) is 2.32.